The Balaban J connectivity index is 1.94. The number of carboxylic acids is 1. The highest BCUT2D eigenvalue weighted by molar-refractivity contribution is 5.69. The summed E-state index contributed by atoms with van der Waals surface area (Å²) < 4.78 is 17.1. The minimum atomic E-state index is -0.821. The number of carboxylic acid groups (broad SMARTS) is 1. The number of hydrogen-bond donors (Lipinski definition) is 1. The maximum atomic E-state index is 10.8. The molecular weight excluding hydrogens is 336 g/mol. The van der Waals surface area contributed by atoms with Crippen LogP contribution in [0.4, 0.5) is 0 Å². The highest BCUT2D eigenvalue weighted by Gasteiger charge is 2.22. The predicted molar refractivity (Wildman–Crippen MR) is 98.9 cm³/mol. The zero-order valence-electron chi connectivity index (χ0n) is 15.9. The lowest BCUT2D eigenvalue weighted by Crippen LogP contribution is -2.47. The standard InChI is InChI=1S/C19H30N2O5/c1-4-24-17-7-6-15(10-18(17)25-5-2)11-21-8-9-26-16(13-21)12-20(3)14-19(22)23/h6-7,10,16H,4-5,8-9,11-14H2,1-3H3,(H,22,23). The molecule has 1 saturated heterocycles. The second-order valence-corrected chi connectivity index (χ2v) is 6.47. The fourth-order valence-electron chi connectivity index (χ4n) is 3.13. The van der Waals surface area contributed by atoms with Crippen molar-refractivity contribution in [2.75, 3.05) is 53.0 Å². The zero-order chi connectivity index (χ0) is 18.9. The Kier molecular flexibility index (Phi) is 8.15. The van der Waals surface area contributed by atoms with Gasteiger partial charge in [-0.15, -0.1) is 0 Å². The van der Waals surface area contributed by atoms with E-state index in [0.29, 0.717) is 26.4 Å². The van der Waals surface area contributed by atoms with E-state index in [1.54, 1.807) is 11.9 Å². The number of benzene rings is 1. The van der Waals surface area contributed by atoms with Gasteiger partial charge in [0, 0.05) is 26.2 Å². The van der Waals surface area contributed by atoms with Crippen LogP contribution >= 0.6 is 0 Å². The van der Waals surface area contributed by atoms with Gasteiger partial charge in [0.2, 0.25) is 0 Å². The largest absolute Gasteiger partial charge is 0.490 e. The van der Waals surface area contributed by atoms with E-state index in [9.17, 15) is 4.79 Å². The molecule has 1 fully saturated rings. The highest BCUT2D eigenvalue weighted by Crippen LogP contribution is 2.29. The Labute approximate surface area is 155 Å². The van der Waals surface area contributed by atoms with Gasteiger partial charge in [-0.2, -0.15) is 0 Å². The number of ether oxygens (including phenoxy) is 3. The molecule has 0 amide bonds. The first-order chi connectivity index (χ1) is 12.5. The quantitative estimate of drug-likeness (QED) is 0.676. The van der Waals surface area contributed by atoms with E-state index < -0.39 is 5.97 Å². The summed E-state index contributed by atoms with van der Waals surface area (Å²) in [4.78, 5) is 14.9. The minimum Gasteiger partial charge on any atom is -0.490 e. The summed E-state index contributed by atoms with van der Waals surface area (Å²) in [7, 11) is 1.80. The lowest BCUT2D eigenvalue weighted by atomic mass is 10.1. The molecule has 1 unspecified atom stereocenters. The van der Waals surface area contributed by atoms with Gasteiger partial charge in [0.15, 0.2) is 11.5 Å². The van der Waals surface area contributed by atoms with E-state index >= 15 is 0 Å². The number of rotatable bonds is 10. The molecule has 0 bridgehead atoms. The summed E-state index contributed by atoms with van der Waals surface area (Å²) in [5.74, 6) is 0.726. The molecule has 7 heteroatoms. The number of aliphatic carboxylic acids is 1. The molecule has 1 atom stereocenters. The molecule has 146 valence electrons. The molecule has 0 saturated carbocycles. The predicted octanol–water partition coefficient (Wildman–Crippen LogP) is 1.70. The van der Waals surface area contributed by atoms with Crippen LogP contribution in [0.5, 0.6) is 11.5 Å². The smallest absolute Gasteiger partial charge is 0.317 e. The van der Waals surface area contributed by atoms with Crippen molar-refractivity contribution in [3.63, 3.8) is 0 Å². The van der Waals surface area contributed by atoms with Crippen molar-refractivity contribution in [2.24, 2.45) is 0 Å². The molecule has 1 heterocycles. The second-order valence-electron chi connectivity index (χ2n) is 6.47. The summed E-state index contributed by atoms with van der Waals surface area (Å²) in [6, 6.07) is 6.06. The van der Waals surface area contributed by atoms with E-state index in [2.05, 4.69) is 11.0 Å². The Hall–Kier alpha value is -1.83. The maximum Gasteiger partial charge on any atom is 0.317 e. The van der Waals surface area contributed by atoms with Crippen molar-refractivity contribution in [2.45, 2.75) is 26.5 Å². The van der Waals surface area contributed by atoms with Gasteiger partial charge in [-0.05, 0) is 38.6 Å². The third kappa shape index (κ3) is 6.48. The maximum absolute atomic E-state index is 10.8. The van der Waals surface area contributed by atoms with Crippen LogP contribution in [0.2, 0.25) is 0 Å². The van der Waals surface area contributed by atoms with Crippen LogP contribution in [0.1, 0.15) is 19.4 Å². The van der Waals surface area contributed by atoms with E-state index in [-0.39, 0.29) is 12.6 Å². The van der Waals surface area contributed by atoms with Gasteiger partial charge in [-0.25, -0.2) is 0 Å². The first-order valence-corrected chi connectivity index (χ1v) is 9.14. The molecule has 7 nitrogen and oxygen atoms in total. The van der Waals surface area contributed by atoms with E-state index in [1.807, 2.05) is 26.0 Å². The molecule has 2 rings (SSSR count). The molecule has 0 aromatic heterocycles. The molecule has 0 spiro atoms. The normalized spacial score (nSPS) is 18.1. The van der Waals surface area contributed by atoms with Gasteiger partial charge in [0.05, 0.1) is 32.5 Å². The average molecular weight is 366 g/mol. The van der Waals surface area contributed by atoms with Crippen molar-refractivity contribution < 1.29 is 24.1 Å². The Morgan fingerprint density at radius 1 is 1.31 bits per heavy atom. The molecule has 1 aliphatic heterocycles. The van der Waals surface area contributed by atoms with Crippen molar-refractivity contribution in [3.05, 3.63) is 23.8 Å². The Morgan fingerprint density at radius 3 is 2.73 bits per heavy atom. The fourth-order valence-corrected chi connectivity index (χ4v) is 3.13. The van der Waals surface area contributed by atoms with Crippen LogP contribution in [-0.4, -0.2) is 80.0 Å². The molecule has 1 N–H and O–H groups in total. The van der Waals surface area contributed by atoms with Crippen LogP contribution in [0, 0.1) is 0 Å². The van der Waals surface area contributed by atoms with Gasteiger partial charge >= 0.3 is 5.97 Å². The molecule has 1 aromatic carbocycles. The van der Waals surface area contributed by atoms with Crippen LogP contribution < -0.4 is 9.47 Å². The van der Waals surface area contributed by atoms with E-state index in [1.165, 1.54) is 0 Å². The zero-order valence-corrected chi connectivity index (χ0v) is 15.9. The van der Waals surface area contributed by atoms with E-state index in [0.717, 1.165) is 36.7 Å². The number of likely N-dealkylation sites (N-methyl/N-ethyl adjacent to an activating group) is 1. The third-order valence-electron chi connectivity index (χ3n) is 4.16. The van der Waals surface area contributed by atoms with Crippen LogP contribution in [0.3, 0.4) is 0 Å². The third-order valence-corrected chi connectivity index (χ3v) is 4.16. The van der Waals surface area contributed by atoms with Gasteiger partial charge in [0.1, 0.15) is 0 Å². The van der Waals surface area contributed by atoms with Gasteiger partial charge in [0.25, 0.3) is 0 Å². The summed E-state index contributed by atoms with van der Waals surface area (Å²) in [5, 5.41) is 8.88. The summed E-state index contributed by atoms with van der Waals surface area (Å²) in [6.07, 6.45) is 0.0159. The summed E-state index contributed by atoms with van der Waals surface area (Å²) in [5.41, 5.74) is 1.16. The van der Waals surface area contributed by atoms with Crippen LogP contribution in [0.25, 0.3) is 0 Å². The number of morpholine rings is 1. The topological polar surface area (TPSA) is 71.5 Å². The number of nitrogens with zero attached hydrogens (tertiary/aromatic N) is 2. The Bertz CT molecular complexity index is 581. The number of hydrogen-bond acceptors (Lipinski definition) is 6. The van der Waals surface area contributed by atoms with Crippen LogP contribution in [-0.2, 0) is 16.1 Å². The first kappa shape index (κ1) is 20.5. The minimum absolute atomic E-state index is 0.0159. The molecule has 0 aliphatic carbocycles. The van der Waals surface area contributed by atoms with Crippen molar-refractivity contribution in [1.29, 1.82) is 0 Å². The summed E-state index contributed by atoms with van der Waals surface area (Å²) >= 11 is 0. The van der Waals surface area contributed by atoms with Crippen molar-refractivity contribution in [3.8, 4) is 11.5 Å². The van der Waals surface area contributed by atoms with Gasteiger partial charge < -0.3 is 19.3 Å². The molecular formula is C19H30N2O5. The Morgan fingerprint density at radius 2 is 2.04 bits per heavy atom. The number of carbonyl (C=O) groups is 1. The van der Waals surface area contributed by atoms with Gasteiger partial charge in [-0.1, -0.05) is 6.07 Å². The lowest BCUT2D eigenvalue weighted by Gasteiger charge is -2.34. The van der Waals surface area contributed by atoms with Crippen LogP contribution in [0.15, 0.2) is 18.2 Å². The highest BCUT2D eigenvalue weighted by atomic mass is 16.5. The monoisotopic (exact) mass is 366 g/mol. The molecule has 1 aromatic rings. The first-order valence-electron chi connectivity index (χ1n) is 9.14. The SMILES string of the molecule is CCOc1ccc(CN2CCOC(CN(C)CC(=O)O)C2)cc1OCC. The average Bonchev–Trinajstić information content (AvgIpc) is 2.57. The summed E-state index contributed by atoms with van der Waals surface area (Å²) in [6.45, 7) is 8.84. The van der Waals surface area contributed by atoms with E-state index in [4.69, 9.17) is 19.3 Å². The molecule has 26 heavy (non-hydrogen) atoms. The van der Waals surface area contributed by atoms with Crippen molar-refractivity contribution in [1.82, 2.24) is 9.80 Å². The lowest BCUT2D eigenvalue weighted by molar-refractivity contribution is -0.138. The molecule has 0 radical (unpaired) electrons. The molecule has 1 aliphatic rings. The fraction of sp³-hybridized carbons (Fsp3) is 0.632. The van der Waals surface area contributed by atoms with Gasteiger partial charge in [-0.3, -0.25) is 14.6 Å². The van der Waals surface area contributed by atoms with Crippen molar-refractivity contribution >= 4 is 5.97 Å². The second kappa shape index (κ2) is 10.4.